The van der Waals surface area contributed by atoms with Crippen molar-refractivity contribution >= 4 is 22.4 Å². The van der Waals surface area contributed by atoms with Crippen LogP contribution in [-0.2, 0) is 10.0 Å². The third-order valence-electron chi connectivity index (χ3n) is 3.76. The lowest BCUT2D eigenvalue weighted by atomic mass is 9.97. The maximum atomic E-state index is 12.5. The van der Waals surface area contributed by atoms with Crippen molar-refractivity contribution in [2.75, 3.05) is 27.3 Å². The molecule has 1 aliphatic rings. The van der Waals surface area contributed by atoms with Crippen molar-refractivity contribution in [1.29, 1.82) is 0 Å². The lowest BCUT2D eigenvalue weighted by Gasteiger charge is -2.30. The number of sulfonamides is 1. The number of hydrogen-bond donors (Lipinski definition) is 2. The molecular formula is C14H23ClN2O4S. The molecular weight excluding hydrogens is 328 g/mol. The SMILES string of the molecule is COc1ccc(S(=O)(=O)NC2CCNCC2C)cc1OC.Cl. The van der Waals surface area contributed by atoms with Gasteiger partial charge >= 0.3 is 0 Å². The normalized spacial score (nSPS) is 21.8. The van der Waals surface area contributed by atoms with Crippen LogP contribution < -0.4 is 19.5 Å². The van der Waals surface area contributed by atoms with Crippen LogP contribution in [0.5, 0.6) is 11.5 Å². The summed E-state index contributed by atoms with van der Waals surface area (Å²) in [6.45, 7) is 3.68. The first kappa shape index (κ1) is 19.0. The predicted molar refractivity (Wildman–Crippen MR) is 87.6 cm³/mol. The van der Waals surface area contributed by atoms with Crippen molar-refractivity contribution in [3.8, 4) is 11.5 Å². The highest BCUT2D eigenvalue weighted by Gasteiger charge is 2.27. The second kappa shape index (κ2) is 8.01. The minimum absolute atomic E-state index is 0. The molecule has 126 valence electrons. The van der Waals surface area contributed by atoms with Crippen LogP contribution in [0.1, 0.15) is 13.3 Å². The van der Waals surface area contributed by atoms with Gasteiger partial charge in [-0.2, -0.15) is 0 Å². The number of methoxy groups -OCH3 is 2. The molecule has 1 aliphatic heterocycles. The maximum absolute atomic E-state index is 12.5. The Morgan fingerprint density at radius 1 is 1.23 bits per heavy atom. The monoisotopic (exact) mass is 350 g/mol. The summed E-state index contributed by atoms with van der Waals surface area (Å²) >= 11 is 0. The van der Waals surface area contributed by atoms with Gasteiger partial charge in [-0.05, 0) is 37.6 Å². The second-order valence-corrected chi connectivity index (χ2v) is 6.93. The van der Waals surface area contributed by atoms with E-state index in [1.165, 1.54) is 26.4 Å². The molecule has 2 N–H and O–H groups in total. The molecule has 1 heterocycles. The Bertz CT molecular complexity index is 595. The molecule has 0 aromatic heterocycles. The van der Waals surface area contributed by atoms with Gasteiger partial charge in [0.15, 0.2) is 11.5 Å². The average Bonchev–Trinajstić information content (AvgIpc) is 2.48. The largest absolute Gasteiger partial charge is 0.493 e. The summed E-state index contributed by atoms with van der Waals surface area (Å²) in [6.07, 6.45) is 0.785. The third-order valence-corrected chi connectivity index (χ3v) is 5.24. The van der Waals surface area contributed by atoms with Gasteiger partial charge in [-0.25, -0.2) is 13.1 Å². The number of rotatable bonds is 5. The quantitative estimate of drug-likeness (QED) is 0.839. The molecule has 0 aliphatic carbocycles. The maximum Gasteiger partial charge on any atom is 0.240 e. The zero-order valence-corrected chi connectivity index (χ0v) is 14.6. The molecule has 0 amide bonds. The van der Waals surface area contributed by atoms with E-state index in [2.05, 4.69) is 10.0 Å². The van der Waals surface area contributed by atoms with E-state index in [-0.39, 0.29) is 29.3 Å². The second-order valence-electron chi connectivity index (χ2n) is 5.21. The van der Waals surface area contributed by atoms with Gasteiger partial charge in [0.25, 0.3) is 0 Å². The Hall–Kier alpha value is -1.02. The highest BCUT2D eigenvalue weighted by molar-refractivity contribution is 7.89. The molecule has 0 bridgehead atoms. The van der Waals surface area contributed by atoms with E-state index in [1.54, 1.807) is 6.07 Å². The first-order valence-electron chi connectivity index (χ1n) is 6.93. The van der Waals surface area contributed by atoms with Crippen molar-refractivity contribution in [1.82, 2.24) is 10.0 Å². The number of nitrogens with one attached hydrogen (secondary N) is 2. The fourth-order valence-electron chi connectivity index (χ4n) is 2.44. The van der Waals surface area contributed by atoms with Gasteiger partial charge in [0.05, 0.1) is 19.1 Å². The summed E-state index contributed by atoms with van der Waals surface area (Å²) in [5.41, 5.74) is 0. The van der Waals surface area contributed by atoms with E-state index in [9.17, 15) is 8.42 Å². The molecule has 2 atom stereocenters. The highest BCUT2D eigenvalue weighted by atomic mass is 35.5. The molecule has 2 unspecified atom stereocenters. The van der Waals surface area contributed by atoms with E-state index >= 15 is 0 Å². The van der Waals surface area contributed by atoms with Crippen LogP contribution in [0.3, 0.4) is 0 Å². The lowest BCUT2D eigenvalue weighted by Crippen LogP contribution is -2.48. The fourth-order valence-corrected chi connectivity index (χ4v) is 3.83. The van der Waals surface area contributed by atoms with Crippen LogP contribution in [-0.4, -0.2) is 41.8 Å². The van der Waals surface area contributed by atoms with Gasteiger partial charge in [0.1, 0.15) is 0 Å². The van der Waals surface area contributed by atoms with Crippen LogP contribution in [0.4, 0.5) is 0 Å². The van der Waals surface area contributed by atoms with Crippen LogP contribution in [0.2, 0.25) is 0 Å². The van der Waals surface area contributed by atoms with Crippen LogP contribution in [0.15, 0.2) is 23.1 Å². The summed E-state index contributed by atoms with van der Waals surface area (Å²) in [6, 6.07) is 4.55. The van der Waals surface area contributed by atoms with E-state index in [0.717, 1.165) is 19.5 Å². The smallest absolute Gasteiger partial charge is 0.240 e. The molecule has 6 nitrogen and oxygen atoms in total. The number of piperidine rings is 1. The Morgan fingerprint density at radius 3 is 2.50 bits per heavy atom. The van der Waals surface area contributed by atoms with Gasteiger partial charge in [0.2, 0.25) is 10.0 Å². The van der Waals surface area contributed by atoms with Crippen molar-refractivity contribution < 1.29 is 17.9 Å². The van der Waals surface area contributed by atoms with E-state index < -0.39 is 10.0 Å². The zero-order valence-electron chi connectivity index (χ0n) is 13.0. The van der Waals surface area contributed by atoms with Crippen molar-refractivity contribution in [3.63, 3.8) is 0 Å². The Labute approximate surface area is 138 Å². The van der Waals surface area contributed by atoms with Gasteiger partial charge < -0.3 is 14.8 Å². The van der Waals surface area contributed by atoms with E-state index in [0.29, 0.717) is 11.5 Å². The number of halogens is 1. The van der Waals surface area contributed by atoms with Crippen molar-refractivity contribution in [3.05, 3.63) is 18.2 Å². The summed E-state index contributed by atoms with van der Waals surface area (Å²) < 4.78 is 38.0. The summed E-state index contributed by atoms with van der Waals surface area (Å²) in [5.74, 6) is 1.17. The Kier molecular flexibility index (Phi) is 6.93. The summed E-state index contributed by atoms with van der Waals surface area (Å²) in [4.78, 5) is 0.186. The Morgan fingerprint density at radius 2 is 1.91 bits per heavy atom. The van der Waals surface area contributed by atoms with Crippen LogP contribution >= 0.6 is 12.4 Å². The summed E-state index contributed by atoms with van der Waals surface area (Å²) in [5, 5.41) is 3.25. The standard InChI is InChI=1S/C14H22N2O4S.ClH/c1-10-9-15-7-6-12(10)16-21(17,18)11-4-5-13(19-2)14(8-11)20-3;/h4-5,8,10,12,15-16H,6-7,9H2,1-3H3;1H. The molecule has 22 heavy (non-hydrogen) atoms. The van der Waals surface area contributed by atoms with Crippen molar-refractivity contribution in [2.24, 2.45) is 5.92 Å². The van der Waals surface area contributed by atoms with Crippen molar-refractivity contribution in [2.45, 2.75) is 24.3 Å². The molecule has 1 aromatic carbocycles. The first-order valence-corrected chi connectivity index (χ1v) is 8.41. The molecule has 0 saturated carbocycles. The topological polar surface area (TPSA) is 76.7 Å². The predicted octanol–water partition coefficient (Wildman–Crippen LogP) is 1.40. The van der Waals surface area contributed by atoms with Crippen LogP contribution in [0, 0.1) is 5.92 Å². The molecule has 1 aromatic rings. The van der Waals surface area contributed by atoms with E-state index in [1.807, 2.05) is 6.92 Å². The molecule has 1 fully saturated rings. The average molecular weight is 351 g/mol. The molecule has 1 saturated heterocycles. The Balaban J connectivity index is 0.00000242. The number of benzene rings is 1. The molecule has 8 heteroatoms. The number of ether oxygens (including phenoxy) is 2. The molecule has 0 radical (unpaired) electrons. The van der Waals surface area contributed by atoms with Crippen LogP contribution in [0.25, 0.3) is 0 Å². The van der Waals surface area contributed by atoms with Gasteiger partial charge in [-0.15, -0.1) is 12.4 Å². The molecule has 0 spiro atoms. The van der Waals surface area contributed by atoms with Gasteiger partial charge in [-0.1, -0.05) is 6.92 Å². The number of hydrogen-bond acceptors (Lipinski definition) is 5. The molecule has 2 rings (SSSR count). The highest BCUT2D eigenvalue weighted by Crippen LogP contribution is 2.29. The first-order chi connectivity index (χ1) is 9.97. The third kappa shape index (κ3) is 4.25. The van der Waals surface area contributed by atoms with Gasteiger partial charge in [0, 0.05) is 12.1 Å². The zero-order chi connectivity index (χ0) is 15.5. The minimum Gasteiger partial charge on any atom is -0.493 e. The van der Waals surface area contributed by atoms with E-state index in [4.69, 9.17) is 9.47 Å². The fraction of sp³-hybridized carbons (Fsp3) is 0.571. The van der Waals surface area contributed by atoms with Gasteiger partial charge in [-0.3, -0.25) is 0 Å². The minimum atomic E-state index is -3.56. The lowest BCUT2D eigenvalue weighted by molar-refractivity contribution is 0.328. The summed E-state index contributed by atoms with van der Waals surface area (Å²) in [7, 11) is -0.566.